The van der Waals surface area contributed by atoms with E-state index in [4.69, 9.17) is 5.73 Å². The zero-order chi connectivity index (χ0) is 16.1. The van der Waals surface area contributed by atoms with Gasteiger partial charge in [-0.3, -0.25) is 0 Å². The monoisotopic (exact) mass is 297 g/mol. The molecule has 0 amide bonds. The number of halogens is 3. The number of nitrogens with one attached hydrogen (secondary N) is 1. The van der Waals surface area contributed by atoms with Crippen LogP contribution in [0.1, 0.15) is 31.9 Å². The molecule has 0 fully saturated rings. The number of alkyl halides is 3. The summed E-state index contributed by atoms with van der Waals surface area (Å²) in [5, 5.41) is 2.98. The minimum atomic E-state index is -4.33. The van der Waals surface area contributed by atoms with Gasteiger partial charge in [-0.25, -0.2) is 4.99 Å². The predicted octanol–water partition coefficient (Wildman–Crippen LogP) is 2.76. The SMILES string of the molecule is CC(C)(C)NC(N)=NCC#Cc1ccc(C(F)(F)F)cc1. The molecule has 0 aliphatic heterocycles. The first-order chi connectivity index (χ1) is 9.58. The van der Waals surface area contributed by atoms with Gasteiger partial charge in [0.15, 0.2) is 5.96 Å². The lowest BCUT2D eigenvalue weighted by Gasteiger charge is -2.20. The van der Waals surface area contributed by atoms with Crippen molar-refractivity contribution >= 4 is 5.96 Å². The molecule has 0 saturated carbocycles. The van der Waals surface area contributed by atoms with Crippen LogP contribution in [0.15, 0.2) is 29.3 Å². The molecule has 0 heterocycles. The smallest absolute Gasteiger partial charge is 0.370 e. The third-order valence-corrected chi connectivity index (χ3v) is 2.28. The minimum absolute atomic E-state index is 0.177. The van der Waals surface area contributed by atoms with E-state index in [9.17, 15) is 13.2 Å². The zero-order valence-corrected chi connectivity index (χ0v) is 12.2. The van der Waals surface area contributed by atoms with E-state index in [1.54, 1.807) is 0 Å². The molecule has 0 aromatic heterocycles. The van der Waals surface area contributed by atoms with Gasteiger partial charge in [0.1, 0.15) is 6.54 Å². The molecule has 0 aliphatic rings. The summed E-state index contributed by atoms with van der Waals surface area (Å²) < 4.78 is 37.1. The minimum Gasteiger partial charge on any atom is -0.370 e. The fourth-order valence-corrected chi connectivity index (χ4v) is 1.43. The molecule has 6 heteroatoms. The van der Waals surface area contributed by atoms with E-state index in [1.807, 2.05) is 20.8 Å². The van der Waals surface area contributed by atoms with Crippen LogP contribution < -0.4 is 11.1 Å². The Bertz CT molecular complexity index is 555. The van der Waals surface area contributed by atoms with E-state index in [2.05, 4.69) is 22.2 Å². The third-order valence-electron chi connectivity index (χ3n) is 2.28. The summed E-state index contributed by atoms with van der Waals surface area (Å²) in [5.74, 6) is 5.75. The molecule has 0 radical (unpaired) electrons. The van der Waals surface area contributed by atoms with E-state index < -0.39 is 11.7 Å². The number of nitrogens with zero attached hydrogens (tertiary/aromatic N) is 1. The van der Waals surface area contributed by atoms with E-state index in [0.29, 0.717) is 5.56 Å². The van der Waals surface area contributed by atoms with Gasteiger partial charge in [0, 0.05) is 11.1 Å². The van der Waals surface area contributed by atoms with Gasteiger partial charge < -0.3 is 11.1 Å². The second-order valence-corrected chi connectivity index (χ2v) is 5.45. The van der Waals surface area contributed by atoms with Crippen molar-refractivity contribution in [3.05, 3.63) is 35.4 Å². The molecular formula is C15H18F3N3. The summed E-state index contributed by atoms with van der Waals surface area (Å²) in [6.45, 7) is 6.02. The van der Waals surface area contributed by atoms with Crippen molar-refractivity contribution in [2.75, 3.05) is 6.54 Å². The molecule has 0 spiro atoms. The van der Waals surface area contributed by atoms with Crippen molar-refractivity contribution < 1.29 is 13.2 Å². The van der Waals surface area contributed by atoms with Crippen molar-refractivity contribution in [1.29, 1.82) is 0 Å². The highest BCUT2D eigenvalue weighted by Gasteiger charge is 2.29. The van der Waals surface area contributed by atoms with Crippen LogP contribution in [0.25, 0.3) is 0 Å². The molecule has 114 valence electrons. The number of nitrogens with two attached hydrogens (primary N) is 1. The molecular weight excluding hydrogens is 279 g/mol. The summed E-state index contributed by atoms with van der Waals surface area (Å²) in [4.78, 5) is 4.01. The van der Waals surface area contributed by atoms with Gasteiger partial charge in [0.2, 0.25) is 0 Å². The number of rotatable bonds is 1. The van der Waals surface area contributed by atoms with Crippen LogP contribution in [0.2, 0.25) is 0 Å². The molecule has 1 rings (SSSR count). The predicted molar refractivity (Wildman–Crippen MR) is 77.7 cm³/mol. The number of benzene rings is 1. The summed E-state index contributed by atoms with van der Waals surface area (Å²) >= 11 is 0. The topological polar surface area (TPSA) is 50.4 Å². The Morgan fingerprint density at radius 2 is 1.76 bits per heavy atom. The van der Waals surface area contributed by atoms with E-state index in [1.165, 1.54) is 12.1 Å². The molecule has 0 unspecified atom stereocenters. The quantitative estimate of drug-likeness (QED) is 0.476. The summed E-state index contributed by atoms with van der Waals surface area (Å²) in [5.41, 5.74) is 5.28. The van der Waals surface area contributed by atoms with Crippen molar-refractivity contribution in [1.82, 2.24) is 5.32 Å². The van der Waals surface area contributed by atoms with Crippen LogP contribution in [0, 0.1) is 11.8 Å². The summed E-state index contributed by atoms with van der Waals surface area (Å²) in [6.07, 6.45) is -4.33. The van der Waals surface area contributed by atoms with Crippen molar-refractivity contribution in [3.63, 3.8) is 0 Å². The molecule has 0 aliphatic carbocycles. The number of hydrogen-bond acceptors (Lipinski definition) is 1. The van der Waals surface area contributed by atoms with Crippen LogP contribution in [-0.4, -0.2) is 18.0 Å². The number of guanidine groups is 1. The van der Waals surface area contributed by atoms with Crippen molar-refractivity contribution in [3.8, 4) is 11.8 Å². The van der Waals surface area contributed by atoms with E-state index in [-0.39, 0.29) is 18.0 Å². The van der Waals surface area contributed by atoms with Crippen LogP contribution in [0.5, 0.6) is 0 Å². The Labute approximate surface area is 122 Å². The molecule has 1 aromatic carbocycles. The molecule has 1 aromatic rings. The maximum atomic E-state index is 12.4. The Morgan fingerprint density at radius 1 is 1.19 bits per heavy atom. The van der Waals surface area contributed by atoms with E-state index >= 15 is 0 Å². The first-order valence-electron chi connectivity index (χ1n) is 6.32. The molecule has 0 bridgehead atoms. The van der Waals surface area contributed by atoms with Gasteiger partial charge in [-0.2, -0.15) is 13.2 Å². The van der Waals surface area contributed by atoms with Gasteiger partial charge in [-0.1, -0.05) is 11.8 Å². The summed E-state index contributed by atoms with van der Waals surface area (Å²) in [7, 11) is 0. The van der Waals surface area contributed by atoms with Crippen LogP contribution >= 0.6 is 0 Å². The average Bonchev–Trinajstić information content (AvgIpc) is 2.32. The van der Waals surface area contributed by atoms with Crippen LogP contribution in [0.3, 0.4) is 0 Å². The van der Waals surface area contributed by atoms with Crippen LogP contribution in [-0.2, 0) is 6.18 Å². The molecule has 3 N–H and O–H groups in total. The normalized spacial score (nSPS) is 12.6. The fourth-order valence-electron chi connectivity index (χ4n) is 1.43. The second kappa shape index (κ2) is 6.53. The highest BCUT2D eigenvalue weighted by molar-refractivity contribution is 5.78. The standard InChI is InChI=1S/C15H18F3N3/c1-14(2,3)21-13(19)20-10-4-5-11-6-8-12(9-7-11)15(16,17)18/h6-9H,10H2,1-3H3,(H3,19,20,21). The summed E-state index contributed by atoms with van der Waals surface area (Å²) in [6, 6.07) is 4.66. The van der Waals surface area contributed by atoms with Crippen molar-refractivity contribution in [2.45, 2.75) is 32.5 Å². The Kier molecular flexibility index (Phi) is 5.25. The van der Waals surface area contributed by atoms with Crippen LogP contribution in [0.4, 0.5) is 13.2 Å². The molecule has 21 heavy (non-hydrogen) atoms. The lowest BCUT2D eigenvalue weighted by molar-refractivity contribution is -0.137. The third kappa shape index (κ3) is 6.70. The Hall–Kier alpha value is -2.16. The average molecular weight is 297 g/mol. The maximum absolute atomic E-state index is 12.4. The first-order valence-corrected chi connectivity index (χ1v) is 6.32. The second-order valence-electron chi connectivity index (χ2n) is 5.45. The van der Waals surface area contributed by atoms with Gasteiger partial charge >= 0.3 is 6.18 Å². The van der Waals surface area contributed by atoms with Gasteiger partial charge in [0.25, 0.3) is 0 Å². The lowest BCUT2D eigenvalue weighted by Crippen LogP contribution is -2.45. The first kappa shape index (κ1) is 16.9. The largest absolute Gasteiger partial charge is 0.416 e. The molecule has 0 atom stereocenters. The molecule has 3 nitrogen and oxygen atoms in total. The van der Waals surface area contributed by atoms with Gasteiger partial charge in [-0.05, 0) is 45.0 Å². The lowest BCUT2D eigenvalue weighted by atomic mass is 10.1. The zero-order valence-electron chi connectivity index (χ0n) is 12.2. The van der Waals surface area contributed by atoms with Gasteiger partial charge in [0.05, 0.1) is 5.56 Å². The number of aliphatic imine (C=N–C) groups is 1. The van der Waals surface area contributed by atoms with Gasteiger partial charge in [-0.15, -0.1) is 0 Å². The highest BCUT2D eigenvalue weighted by atomic mass is 19.4. The number of hydrogen-bond donors (Lipinski definition) is 2. The highest BCUT2D eigenvalue weighted by Crippen LogP contribution is 2.28. The fraction of sp³-hybridized carbons (Fsp3) is 0.400. The van der Waals surface area contributed by atoms with E-state index in [0.717, 1.165) is 12.1 Å². The Balaban J connectivity index is 2.62. The Morgan fingerprint density at radius 3 is 2.24 bits per heavy atom. The van der Waals surface area contributed by atoms with Crippen molar-refractivity contribution in [2.24, 2.45) is 10.7 Å². The maximum Gasteiger partial charge on any atom is 0.416 e. The molecule has 0 saturated heterocycles.